The van der Waals surface area contributed by atoms with Crippen molar-refractivity contribution in [3.8, 4) is 0 Å². The van der Waals surface area contributed by atoms with Gasteiger partial charge in [-0.05, 0) is 63.0 Å². The summed E-state index contributed by atoms with van der Waals surface area (Å²) in [4.78, 5) is 15.5. The lowest BCUT2D eigenvalue weighted by Crippen LogP contribution is -2.42. The van der Waals surface area contributed by atoms with Crippen LogP contribution >= 0.6 is 11.3 Å². The van der Waals surface area contributed by atoms with Gasteiger partial charge in [-0.25, -0.2) is 4.79 Å². The first-order valence-electron chi connectivity index (χ1n) is 8.80. The van der Waals surface area contributed by atoms with E-state index in [-0.39, 0.29) is 6.09 Å². The Balaban J connectivity index is 1.60. The highest BCUT2D eigenvalue weighted by molar-refractivity contribution is 7.19. The first-order valence-corrected chi connectivity index (χ1v) is 9.61. The van der Waals surface area contributed by atoms with Crippen LogP contribution in [0.15, 0.2) is 30.3 Å². The maximum absolute atomic E-state index is 12.2. The standard InChI is InChI=1S/C20H27NO2S/c1-14(18-13-16-7-5-6-8-17(16)24-18)15-9-11-21(12-10-15)19(22)23-20(2,3)4/h5-8,13-15H,9-12H2,1-4H3/t14-/m0/s1. The van der Waals surface area contributed by atoms with Crippen LogP contribution in [0.1, 0.15) is 51.3 Å². The second kappa shape index (κ2) is 6.75. The van der Waals surface area contributed by atoms with Crippen LogP contribution in [0.5, 0.6) is 0 Å². The summed E-state index contributed by atoms with van der Waals surface area (Å²) in [5.74, 6) is 1.18. The largest absolute Gasteiger partial charge is 0.444 e. The van der Waals surface area contributed by atoms with Crippen LogP contribution < -0.4 is 0 Å². The fraction of sp³-hybridized carbons (Fsp3) is 0.550. The van der Waals surface area contributed by atoms with E-state index < -0.39 is 5.60 Å². The summed E-state index contributed by atoms with van der Waals surface area (Å²) in [6, 6.07) is 10.9. The van der Waals surface area contributed by atoms with E-state index in [9.17, 15) is 4.79 Å². The number of carbonyl (C=O) groups excluding carboxylic acids is 1. The molecule has 1 amide bonds. The van der Waals surface area contributed by atoms with Crippen molar-refractivity contribution < 1.29 is 9.53 Å². The molecule has 1 aliphatic heterocycles. The second-order valence-corrected chi connectivity index (χ2v) is 8.90. The summed E-state index contributed by atoms with van der Waals surface area (Å²) in [6.45, 7) is 9.69. The molecular formula is C20H27NO2S. The summed E-state index contributed by atoms with van der Waals surface area (Å²) >= 11 is 1.91. The van der Waals surface area contributed by atoms with Gasteiger partial charge in [0.1, 0.15) is 5.60 Å². The third kappa shape index (κ3) is 3.92. The van der Waals surface area contributed by atoms with Gasteiger partial charge in [0.2, 0.25) is 0 Å². The number of amides is 1. The average molecular weight is 346 g/mol. The molecule has 3 rings (SSSR count). The number of thiophene rings is 1. The van der Waals surface area contributed by atoms with Crippen molar-refractivity contribution in [3.05, 3.63) is 35.2 Å². The van der Waals surface area contributed by atoms with Gasteiger partial charge in [0.05, 0.1) is 0 Å². The minimum absolute atomic E-state index is 0.171. The van der Waals surface area contributed by atoms with Gasteiger partial charge in [-0.1, -0.05) is 25.1 Å². The van der Waals surface area contributed by atoms with Gasteiger partial charge in [0.15, 0.2) is 0 Å². The van der Waals surface area contributed by atoms with Gasteiger partial charge in [-0.3, -0.25) is 0 Å². The Morgan fingerprint density at radius 2 is 1.92 bits per heavy atom. The fourth-order valence-corrected chi connectivity index (χ4v) is 4.58. The average Bonchev–Trinajstić information content (AvgIpc) is 2.96. The predicted octanol–water partition coefficient (Wildman–Crippen LogP) is 5.65. The Kier molecular flexibility index (Phi) is 4.86. The Morgan fingerprint density at radius 3 is 2.54 bits per heavy atom. The van der Waals surface area contributed by atoms with Crippen LogP contribution in [-0.4, -0.2) is 29.7 Å². The molecule has 4 heteroatoms. The van der Waals surface area contributed by atoms with Crippen LogP contribution in [-0.2, 0) is 4.74 Å². The van der Waals surface area contributed by atoms with Crippen LogP contribution in [0.3, 0.4) is 0 Å². The Labute approximate surface area is 148 Å². The first-order chi connectivity index (χ1) is 11.3. The third-order valence-corrected chi connectivity index (χ3v) is 6.11. The van der Waals surface area contributed by atoms with Crippen molar-refractivity contribution >= 4 is 27.5 Å². The molecule has 1 fully saturated rings. The molecule has 0 radical (unpaired) electrons. The molecular weight excluding hydrogens is 318 g/mol. The zero-order valence-corrected chi connectivity index (χ0v) is 15.9. The minimum atomic E-state index is -0.418. The van der Waals surface area contributed by atoms with Crippen molar-refractivity contribution in [2.75, 3.05) is 13.1 Å². The molecule has 2 aromatic rings. The lowest BCUT2D eigenvalue weighted by molar-refractivity contribution is 0.0176. The lowest BCUT2D eigenvalue weighted by atomic mass is 9.84. The number of ether oxygens (including phenoxy) is 1. The van der Waals surface area contributed by atoms with E-state index in [1.165, 1.54) is 15.0 Å². The Morgan fingerprint density at radius 1 is 1.25 bits per heavy atom. The summed E-state index contributed by atoms with van der Waals surface area (Å²) in [5, 5.41) is 1.34. The zero-order chi connectivity index (χ0) is 17.3. The van der Waals surface area contributed by atoms with Crippen molar-refractivity contribution in [1.29, 1.82) is 0 Å². The number of benzene rings is 1. The number of hydrogen-bond acceptors (Lipinski definition) is 3. The molecule has 1 aromatic carbocycles. The smallest absolute Gasteiger partial charge is 0.410 e. The molecule has 2 heterocycles. The van der Waals surface area contributed by atoms with Crippen LogP contribution in [0.25, 0.3) is 10.1 Å². The molecule has 0 N–H and O–H groups in total. The van der Waals surface area contributed by atoms with E-state index in [1.54, 1.807) is 0 Å². The number of likely N-dealkylation sites (tertiary alicyclic amines) is 1. The summed E-state index contributed by atoms with van der Waals surface area (Å²) in [7, 11) is 0. The molecule has 1 saturated heterocycles. The predicted molar refractivity (Wildman–Crippen MR) is 101 cm³/mol. The molecule has 0 bridgehead atoms. The van der Waals surface area contributed by atoms with Crippen molar-refractivity contribution in [1.82, 2.24) is 4.90 Å². The maximum atomic E-state index is 12.2. The molecule has 0 saturated carbocycles. The van der Waals surface area contributed by atoms with Crippen LogP contribution in [0.2, 0.25) is 0 Å². The Bertz CT molecular complexity index is 675. The van der Waals surface area contributed by atoms with Crippen molar-refractivity contribution in [3.63, 3.8) is 0 Å². The molecule has 130 valence electrons. The fourth-order valence-electron chi connectivity index (χ4n) is 3.37. The van der Waals surface area contributed by atoms with Gasteiger partial charge in [-0.15, -0.1) is 11.3 Å². The first kappa shape index (κ1) is 17.3. The molecule has 1 aliphatic rings. The number of fused-ring (bicyclic) bond motifs is 1. The second-order valence-electron chi connectivity index (χ2n) is 7.78. The maximum Gasteiger partial charge on any atom is 0.410 e. The molecule has 24 heavy (non-hydrogen) atoms. The van der Waals surface area contributed by atoms with E-state index in [2.05, 4.69) is 37.3 Å². The van der Waals surface area contributed by atoms with Gasteiger partial charge in [0, 0.05) is 22.7 Å². The highest BCUT2D eigenvalue weighted by Crippen LogP contribution is 2.38. The molecule has 3 nitrogen and oxygen atoms in total. The van der Waals surface area contributed by atoms with Crippen molar-refractivity contribution in [2.24, 2.45) is 5.92 Å². The topological polar surface area (TPSA) is 29.5 Å². The highest BCUT2D eigenvalue weighted by atomic mass is 32.1. The summed E-state index contributed by atoms with van der Waals surface area (Å²) in [6.07, 6.45) is 1.93. The van der Waals surface area contributed by atoms with Gasteiger partial charge >= 0.3 is 6.09 Å². The number of hydrogen-bond donors (Lipinski definition) is 0. The monoisotopic (exact) mass is 345 g/mol. The SMILES string of the molecule is C[C@H](c1cc2ccccc2s1)C1CCN(C(=O)OC(C)(C)C)CC1. The summed E-state index contributed by atoms with van der Waals surface area (Å²) < 4.78 is 6.85. The molecule has 0 unspecified atom stereocenters. The normalized spacial score (nSPS) is 17.9. The molecule has 0 aliphatic carbocycles. The van der Waals surface area contributed by atoms with E-state index >= 15 is 0 Å². The zero-order valence-electron chi connectivity index (χ0n) is 15.0. The molecule has 1 aromatic heterocycles. The lowest BCUT2D eigenvalue weighted by Gasteiger charge is -2.35. The number of piperidine rings is 1. The Hall–Kier alpha value is -1.55. The quantitative estimate of drug-likeness (QED) is 0.703. The number of rotatable bonds is 2. The van der Waals surface area contributed by atoms with Gasteiger partial charge in [-0.2, -0.15) is 0 Å². The van der Waals surface area contributed by atoms with E-state index in [1.807, 2.05) is 37.0 Å². The van der Waals surface area contributed by atoms with Crippen LogP contribution in [0.4, 0.5) is 4.79 Å². The van der Waals surface area contributed by atoms with Crippen LogP contribution in [0, 0.1) is 5.92 Å². The number of carbonyl (C=O) groups is 1. The minimum Gasteiger partial charge on any atom is -0.444 e. The van der Waals surface area contributed by atoms with E-state index in [0.29, 0.717) is 11.8 Å². The third-order valence-electron chi connectivity index (χ3n) is 4.79. The van der Waals surface area contributed by atoms with Gasteiger partial charge < -0.3 is 9.64 Å². The molecule has 1 atom stereocenters. The summed E-state index contributed by atoms with van der Waals surface area (Å²) in [5.41, 5.74) is -0.418. The van der Waals surface area contributed by atoms with E-state index in [4.69, 9.17) is 4.74 Å². The van der Waals surface area contributed by atoms with E-state index in [0.717, 1.165) is 25.9 Å². The van der Waals surface area contributed by atoms with Gasteiger partial charge in [0.25, 0.3) is 0 Å². The number of nitrogens with zero attached hydrogens (tertiary/aromatic N) is 1. The van der Waals surface area contributed by atoms with Crippen molar-refractivity contribution in [2.45, 2.75) is 52.1 Å². The highest BCUT2D eigenvalue weighted by Gasteiger charge is 2.30. The molecule has 0 spiro atoms.